The predicted octanol–water partition coefficient (Wildman–Crippen LogP) is 6.90. The highest BCUT2D eigenvalue weighted by atomic mass is 32.2. The first-order valence-corrected chi connectivity index (χ1v) is 16.5. The van der Waals surface area contributed by atoms with Gasteiger partial charge in [-0.05, 0) is 67.1 Å². The molecule has 7 rings (SSSR count). The van der Waals surface area contributed by atoms with Gasteiger partial charge in [0.05, 0.1) is 41.1 Å². The Morgan fingerprint density at radius 1 is 1.04 bits per heavy atom. The fraction of sp³-hybridized carbons (Fsp3) is 0.176. The minimum absolute atomic E-state index is 0.0792. The van der Waals surface area contributed by atoms with Gasteiger partial charge in [0, 0.05) is 41.6 Å². The van der Waals surface area contributed by atoms with Gasteiger partial charge >= 0.3 is 0 Å². The minimum Gasteiger partial charge on any atom is -0.470 e. The Balaban J connectivity index is 1.51. The van der Waals surface area contributed by atoms with Gasteiger partial charge in [-0.2, -0.15) is 0 Å². The standard InChI is InChI=1S/C34H27F3N4O5S/c1-38-34(42)31-23-15-22(25-11-12-29-32(39-25)28-16-21-24(37)5-3-6-26(21)40(28)18-45-29)27(41(14-4-13-35)47(2,43)44)17-30(23)46-33(31)19-7-9-20(36)10-8-19/h3,5-12,15-17H,4,13-14,18H2,1-2H3,(H,38,42). The number of aromatic nitrogens is 2. The largest absolute Gasteiger partial charge is 0.470 e. The number of hydrogen-bond acceptors (Lipinski definition) is 6. The highest BCUT2D eigenvalue weighted by Gasteiger charge is 2.29. The number of halogens is 3. The predicted molar refractivity (Wildman–Crippen MR) is 173 cm³/mol. The van der Waals surface area contributed by atoms with Crippen LogP contribution in [-0.4, -0.2) is 50.4 Å². The van der Waals surface area contributed by atoms with Crippen molar-refractivity contribution in [1.29, 1.82) is 0 Å². The van der Waals surface area contributed by atoms with Gasteiger partial charge in [0.1, 0.15) is 34.4 Å². The lowest BCUT2D eigenvalue weighted by molar-refractivity contribution is 0.0964. The summed E-state index contributed by atoms with van der Waals surface area (Å²) in [6.07, 6.45) is 0.937. The molecule has 0 atom stereocenters. The van der Waals surface area contributed by atoms with Gasteiger partial charge in [-0.3, -0.25) is 13.5 Å². The molecule has 0 bridgehead atoms. The van der Waals surface area contributed by atoms with Crippen molar-refractivity contribution < 1.29 is 35.5 Å². The molecule has 0 saturated carbocycles. The number of benzene rings is 3. The summed E-state index contributed by atoms with van der Waals surface area (Å²) in [6.45, 7) is -0.798. The van der Waals surface area contributed by atoms with E-state index in [4.69, 9.17) is 14.1 Å². The van der Waals surface area contributed by atoms with Crippen molar-refractivity contribution in [2.45, 2.75) is 13.2 Å². The van der Waals surface area contributed by atoms with E-state index in [1.54, 1.807) is 41.0 Å². The number of carbonyl (C=O) groups excluding carboxylic acids is 1. The second-order valence-corrected chi connectivity index (χ2v) is 13.0. The summed E-state index contributed by atoms with van der Waals surface area (Å²) in [5.74, 6) is -0.771. The van der Waals surface area contributed by atoms with Gasteiger partial charge in [-0.15, -0.1) is 0 Å². The molecule has 4 heterocycles. The number of rotatable bonds is 8. The lowest BCUT2D eigenvalue weighted by Gasteiger charge is -2.25. The number of nitrogens with one attached hydrogen (secondary N) is 1. The van der Waals surface area contributed by atoms with E-state index in [0.717, 1.165) is 10.6 Å². The molecule has 13 heteroatoms. The van der Waals surface area contributed by atoms with Gasteiger partial charge in [-0.25, -0.2) is 22.2 Å². The number of fused-ring (bicyclic) bond motifs is 6. The highest BCUT2D eigenvalue weighted by Crippen LogP contribution is 2.44. The highest BCUT2D eigenvalue weighted by molar-refractivity contribution is 7.92. The van der Waals surface area contributed by atoms with E-state index in [1.165, 1.54) is 43.4 Å². The van der Waals surface area contributed by atoms with Crippen molar-refractivity contribution in [1.82, 2.24) is 14.9 Å². The maximum Gasteiger partial charge on any atom is 0.255 e. The molecule has 0 aliphatic carbocycles. The molecule has 1 amide bonds. The summed E-state index contributed by atoms with van der Waals surface area (Å²) in [5.41, 5.74) is 3.12. The van der Waals surface area contributed by atoms with E-state index in [2.05, 4.69) is 5.32 Å². The SMILES string of the molecule is CNC(=O)c1c(-c2ccc(F)cc2)oc2cc(N(CCCF)S(C)(=O)=O)c(-c3ccc4c(n3)-c3cc5c(F)cccc5n3CO4)cc12. The van der Waals surface area contributed by atoms with E-state index in [0.29, 0.717) is 50.2 Å². The quantitative estimate of drug-likeness (QED) is 0.191. The van der Waals surface area contributed by atoms with Gasteiger partial charge in [0.2, 0.25) is 10.0 Å². The molecule has 47 heavy (non-hydrogen) atoms. The third-order valence-corrected chi connectivity index (χ3v) is 9.33. The number of alkyl halides is 1. The van der Waals surface area contributed by atoms with Crippen LogP contribution < -0.4 is 14.4 Å². The van der Waals surface area contributed by atoms with Gasteiger partial charge in [0.15, 0.2) is 6.73 Å². The van der Waals surface area contributed by atoms with E-state index in [-0.39, 0.29) is 42.3 Å². The number of amides is 1. The topological polar surface area (TPSA) is 107 Å². The molecule has 9 nitrogen and oxygen atoms in total. The third kappa shape index (κ3) is 5.16. The van der Waals surface area contributed by atoms with Crippen LogP contribution >= 0.6 is 0 Å². The average molecular weight is 661 g/mol. The maximum absolute atomic E-state index is 14.7. The molecule has 0 fully saturated rings. The summed E-state index contributed by atoms with van der Waals surface area (Å²) < 4.78 is 83.3. The van der Waals surface area contributed by atoms with Crippen molar-refractivity contribution in [2.75, 3.05) is 30.8 Å². The summed E-state index contributed by atoms with van der Waals surface area (Å²) in [5, 5.41) is 3.35. The lowest BCUT2D eigenvalue weighted by Crippen LogP contribution is -2.31. The molecule has 0 saturated heterocycles. The monoisotopic (exact) mass is 660 g/mol. The Hall–Kier alpha value is -5.30. The zero-order chi connectivity index (χ0) is 33.0. The van der Waals surface area contributed by atoms with E-state index < -0.39 is 34.2 Å². The van der Waals surface area contributed by atoms with Crippen LogP contribution in [0.5, 0.6) is 5.75 Å². The van der Waals surface area contributed by atoms with Crippen LogP contribution in [0, 0.1) is 11.6 Å². The molecule has 0 unspecified atom stereocenters. The van der Waals surface area contributed by atoms with Crippen LogP contribution in [0.15, 0.2) is 77.2 Å². The van der Waals surface area contributed by atoms with E-state index in [9.17, 15) is 26.4 Å². The second-order valence-electron chi connectivity index (χ2n) is 11.1. The number of nitrogens with zero attached hydrogens (tertiary/aromatic N) is 3. The van der Waals surface area contributed by atoms with Crippen molar-refractivity contribution in [3.63, 3.8) is 0 Å². The van der Waals surface area contributed by atoms with Gasteiger partial charge in [0.25, 0.3) is 5.91 Å². The van der Waals surface area contributed by atoms with Crippen molar-refractivity contribution in [2.24, 2.45) is 0 Å². The van der Waals surface area contributed by atoms with Crippen LogP contribution in [0.3, 0.4) is 0 Å². The molecule has 0 spiro atoms. The number of pyridine rings is 1. The Kier molecular flexibility index (Phi) is 7.43. The molecular formula is C34H27F3N4O5S. The molecule has 3 aromatic carbocycles. The molecule has 240 valence electrons. The molecule has 1 aliphatic rings. The van der Waals surface area contributed by atoms with Crippen molar-refractivity contribution in [3.05, 3.63) is 90.0 Å². The number of carbonyl (C=O) groups is 1. The van der Waals surface area contributed by atoms with E-state index in [1.807, 2.05) is 0 Å². The first kappa shape index (κ1) is 30.4. The fourth-order valence-corrected chi connectivity index (χ4v) is 6.95. The second kappa shape index (κ2) is 11.5. The van der Waals surface area contributed by atoms with Crippen LogP contribution in [0.1, 0.15) is 16.8 Å². The molecule has 1 N–H and O–H groups in total. The first-order chi connectivity index (χ1) is 22.6. The number of hydrogen-bond donors (Lipinski definition) is 1. The summed E-state index contributed by atoms with van der Waals surface area (Å²) >= 11 is 0. The Labute approximate surface area is 267 Å². The Morgan fingerprint density at radius 2 is 1.83 bits per heavy atom. The molecule has 0 radical (unpaired) electrons. The lowest BCUT2D eigenvalue weighted by atomic mass is 10.00. The van der Waals surface area contributed by atoms with Gasteiger partial charge < -0.3 is 19.0 Å². The zero-order valence-electron chi connectivity index (χ0n) is 25.2. The van der Waals surface area contributed by atoms with Crippen LogP contribution in [0.4, 0.5) is 18.9 Å². The smallest absolute Gasteiger partial charge is 0.255 e. The number of ether oxygens (including phenoxy) is 1. The van der Waals surface area contributed by atoms with Crippen LogP contribution in [0.25, 0.3) is 55.8 Å². The van der Waals surface area contributed by atoms with Crippen molar-refractivity contribution in [3.8, 4) is 39.7 Å². The minimum atomic E-state index is -3.95. The number of anilines is 1. The normalized spacial score (nSPS) is 12.5. The van der Waals surface area contributed by atoms with Crippen molar-refractivity contribution >= 4 is 43.5 Å². The first-order valence-electron chi connectivity index (χ1n) is 14.6. The Morgan fingerprint density at radius 3 is 2.55 bits per heavy atom. The van der Waals surface area contributed by atoms with Gasteiger partial charge in [-0.1, -0.05) is 6.07 Å². The molecule has 6 aromatic rings. The van der Waals surface area contributed by atoms with Crippen LogP contribution in [-0.2, 0) is 16.8 Å². The average Bonchev–Trinajstić information content (AvgIpc) is 3.63. The third-order valence-electron chi connectivity index (χ3n) is 8.15. The Bertz CT molecular complexity index is 2320. The fourth-order valence-electron chi connectivity index (χ4n) is 5.98. The summed E-state index contributed by atoms with van der Waals surface area (Å²) in [4.78, 5) is 18.2. The van der Waals surface area contributed by atoms with E-state index >= 15 is 0 Å². The number of sulfonamides is 1. The summed E-state index contributed by atoms with van der Waals surface area (Å²) in [7, 11) is -2.49. The molecule has 1 aliphatic heterocycles. The molecular weight excluding hydrogens is 633 g/mol. The summed E-state index contributed by atoms with van der Waals surface area (Å²) in [6, 6.07) is 18.3. The molecule has 3 aromatic heterocycles. The zero-order valence-corrected chi connectivity index (χ0v) is 26.0. The maximum atomic E-state index is 14.7. The van der Waals surface area contributed by atoms with Crippen LogP contribution in [0.2, 0.25) is 0 Å². The number of furan rings is 1.